The van der Waals surface area contributed by atoms with Gasteiger partial charge in [0.05, 0.1) is 13.3 Å². The lowest BCUT2D eigenvalue weighted by Crippen LogP contribution is -1.98. The van der Waals surface area contributed by atoms with E-state index in [1.54, 1.807) is 12.1 Å². The zero-order valence-corrected chi connectivity index (χ0v) is 18.9. The molecule has 2 aromatic carbocycles. The predicted molar refractivity (Wildman–Crippen MR) is 115 cm³/mol. The number of phenols is 1. The molecule has 5 nitrogen and oxygen atoms in total. The molecule has 0 unspecified atom stereocenters. The van der Waals surface area contributed by atoms with Crippen molar-refractivity contribution in [1.29, 1.82) is 0 Å². The van der Waals surface area contributed by atoms with Crippen LogP contribution in [0.25, 0.3) is 0 Å². The Morgan fingerprint density at radius 1 is 1.12 bits per heavy atom. The number of ether oxygens (including phenoxy) is 1. The van der Waals surface area contributed by atoms with E-state index in [4.69, 9.17) is 14.5 Å². The van der Waals surface area contributed by atoms with Gasteiger partial charge in [0, 0.05) is 0 Å². The molecule has 136 valence electrons. The standard InChI is InChI=1S/C17H19I2O5P/c1-10(2)12-3-4-16(15(20)9-12)24-17-13(18)7-11(8-14(17)19)5-6-25(21,22)23/h3-4,7-10,20H,5-6H2,1-2H3,(H2,21,22,23). The van der Waals surface area contributed by atoms with Crippen molar-refractivity contribution in [3.05, 3.63) is 48.6 Å². The lowest BCUT2D eigenvalue weighted by atomic mass is 10.0. The Morgan fingerprint density at radius 3 is 2.20 bits per heavy atom. The molecule has 0 atom stereocenters. The van der Waals surface area contributed by atoms with E-state index in [1.807, 2.05) is 18.2 Å². The maximum absolute atomic E-state index is 11.0. The lowest BCUT2D eigenvalue weighted by Gasteiger charge is -2.14. The van der Waals surface area contributed by atoms with Crippen LogP contribution >= 0.6 is 52.8 Å². The fraction of sp³-hybridized carbons (Fsp3) is 0.294. The summed E-state index contributed by atoms with van der Waals surface area (Å²) in [6, 6.07) is 9.06. The van der Waals surface area contributed by atoms with Crippen LogP contribution in [0.4, 0.5) is 0 Å². The molecule has 0 aliphatic heterocycles. The normalized spacial score (nSPS) is 11.8. The Balaban J connectivity index is 2.24. The van der Waals surface area contributed by atoms with Crippen LogP contribution < -0.4 is 4.74 Å². The summed E-state index contributed by atoms with van der Waals surface area (Å²) in [7, 11) is -4.02. The smallest absolute Gasteiger partial charge is 0.325 e. The second-order valence-electron chi connectivity index (χ2n) is 6.01. The minimum atomic E-state index is -4.02. The van der Waals surface area contributed by atoms with E-state index in [1.165, 1.54) is 0 Å². The van der Waals surface area contributed by atoms with Crippen LogP contribution in [0.1, 0.15) is 30.9 Å². The zero-order valence-electron chi connectivity index (χ0n) is 13.7. The summed E-state index contributed by atoms with van der Waals surface area (Å²) in [6.45, 7) is 4.11. The maximum Gasteiger partial charge on any atom is 0.325 e. The highest BCUT2D eigenvalue weighted by Crippen LogP contribution is 2.39. The van der Waals surface area contributed by atoms with Gasteiger partial charge in [0.2, 0.25) is 0 Å². The third-order valence-corrected chi connectivity index (χ3v) is 6.02. The van der Waals surface area contributed by atoms with Crippen molar-refractivity contribution in [1.82, 2.24) is 0 Å². The Labute approximate surface area is 174 Å². The number of rotatable bonds is 6. The van der Waals surface area contributed by atoms with E-state index >= 15 is 0 Å². The van der Waals surface area contributed by atoms with E-state index in [0.717, 1.165) is 18.3 Å². The minimum Gasteiger partial charge on any atom is -0.504 e. The van der Waals surface area contributed by atoms with Gasteiger partial charge in [0.1, 0.15) is 0 Å². The first kappa shape index (κ1) is 21.0. The first-order valence-electron chi connectivity index (χ1n) is 7.60. The van der Waals surface area contributed by atoms with Crippen LogP contribution in [0.3, 0.4) is 0 Å². The van der Waals surface area contributed by atoms with E-state index in [9.17, 15) is 9.67 Å². The Morgan fingerprint density at radius 2 is 1.72 bits per heavy atom. The van der Waals surface area contributed by atoms with Crippen LogP contribution in [0.2, 0.25) is 0 Å². The molecule has 0 saturated carbocycles. The molecule has 0 spiro atoms. The van der Waals surface area contributed by atoms with E-state index < -0.39 is 7.60 Å². The molecule has 0 fully saturated rings. The minimum absolute atomic E-state index is 0.0865. The molecular formula is C17H19I2O5P. The molecule has 2 rings (SSSR count). The first-order valence-corrected chi connectivity index (χ1v) is 11.6. The fourth-order valence-electron chi connectivity index (χ4n) is 2.22. The molecule has 0 radical (unpaired) electrons. The highest BCUT2D eigenvalue weighted by molar-refractivity contribution is 14.1. The van der Waals surface area contributed by atoms with Crippen molar-refractivity contribution >= 4 is 52.8 Å². The summed E-state index contributed by atoms with van der Waals surface area (Å²) in [5.74, 6) is 1.40. The topological polar surface area (TPSA) is 87.0 Å². The average molecular weight is 588 g/mol. The quantitative estimate of drug-likeness (QED) is 0.318. The number of phenolic OH excluding ortho intramolecular Hbond substituents is 1. The molecule has 0 aliphatic rings. The van der Waals surface area contributed by atoms with Crippen molar-refractivity contribution in [3.63, 3.8) is 0 Å². The van der Waals surface area contributed by atoms with Gasteiger partial charge < -0.3 is 19.6 Å². The van der Waals surface area contributed by atoms with Crippen molar-refractivity contribution in [3.8, 4) is 17.2 Å². The summed E-state index contributed by atoms with van der Waals surface area (Å²) in [6.07, 6.45) is 0.113. The van der Waals surface area contributed by atoms with Gasteiger partial charge in [-0.3, -0.25) is 4.57 Å². The SMILES string of the molecule is CC(C)c1ccc(Oc2c(I)cc(CCP(=O)(O)O)cc2I)c(O)c1. The van der Waals surface area contributed by atoms with Gasteiger partial charge in [-0.25, -0.2) is 0 Å². The summed E-state index contributed by atoms with van der Waals surface area (Å²) < 4.78 is 18.6. The molecule has 2 aromatic rings. The van der Waals surface area contributed by atoms with Gasteiger partial charge in [0.15, 0.2) is 17.2 Å². The molecule has 0 aliphatic carbocycles. The molecule has 0 saturated heterocycles. The van der Waals surface area contributed by atoms with Gasteiger partial charge in [-0.15, -0.1) is 0 Å². The average Bonchev–Trinajstić information content (AvgIpc) is 2.49. The van der Waals surface area contributed by atoms with E-state index in [0.29, 0.717) is 23.8 Å². The highest BCUT2D eigenvalue weighted by atomic mass is 127. The van der Waals surface area contributed by atoms with Crippen molar-refractivity contribution in [2.75, 3.05) is 6.16 Å². The molecule has 8 heteroatoms. The highest BCUT2D eigenvalue weighted by Gasteiger charge is 2.16. The first-order chi connectivity index (χ1) is 11.6. The molecule has 0 amide bonds. The summed E-state index contributed by atoms with van der Waals surface area (Å²) >= 11 is 4.25. The van der Waals surface area contributed by atoms with Gasteiger partial charge in [-0.1, -0.05) is 19.9 Å². The van der Waals surface area contributed by atoms with Crippen LogP contribution in [0, 0.1) is 7.14 Å². The molecule has 3 N–H and O–H groups in total. The van der Waals surface area contributed by atoms with Gasteiger partial charge >= 0.3 is 7.60 Å². The Hall–Kier alpha value is -0.350. The number of benzene rings is 2. The second-order valence-corrected chi connectivity index (χ2v) is 10.1. The molecular weight excluding hydrogens is 569 g/mol. The summed E-state index contributed by atoms with van der Waals surface area (Å²) in [5.41, 5.74) is 1.87. The number of hydrogen-bond acceptors (Lipinski definition) is 3. The largest absolute Gasteiger partial charge is 0.504 e. The van der Waals surface area contributed by atoms with Crippen LogP contribution in [0.5, 0.6) is 17.2 Å². The van der Waals surface area contributed by atoms with Gasteiger partial charge in [0.25, 0.3) is 0 Å². The molecule has 0 heterocycles. The number of aryl methyl sites for hydroxylation is 1. The van der Waals surface area contributed by atoms with E-state index in [-0.39, 0.29) is 11.9 Å². The van der Waals surface area contributed by atoms with E-state index in [2.05, 4.69) is 59.0 Å². The molecule has 25 heavy (non-hydrogen) atoms. The lowest BCUT2D eigenvalue weighted by molar-refractivity contribution is 0.373. The van der Waals surface area contributed by atoms with Gasteiger partial charge in [-0.05, 0) is 92.9 Å². The predicted octanol–water partition coefficient (Wildman–Crippen LogP) is 5.24. The van der Waals surface area contributed by atoms with Crippen molar-refractivity contribution in [2.45, 2.75) is 26.2 Å². The van der Waals surface area contributed by atoms with Crippen molar-refractivity contribution < 1.29 is 24.2 Å². The number of hydrogen-bond donors (Lipinski definition) is 3. The second kappa shape index (κ2) is 8.56. The summed E-state index contributed by atoms with van der Waals surface area (Å²) in [4.78, 5) is 18.0. The monoisotopic (exact) mass is 588 g/mol. The van der Waals surface area contributed by atoms with Crippen LogP contribution in [-0.2, 0) is 11.0 Å². The van der Waals surface area contributed by atoms with Crippen LogP contribution in [0.15, 0.2) is 30.3 Å². The fourth-order valence-corrected chi connectivity index (χ4v) is 4.89. The summed E-state index contributed by atoms with van der Waals surface area (Å²) in [5, 5.41) is 10.2. The third kappa shape index (κ3) is 6.09. The molecule has 0 aromatic heterocycles. The molecule has 0 bridgehead atoms. The van der Waals surface area contributed by atoms with Crippen molar-refractivity contribution in [2.24, 2.45) is 0 Å². The Kier molecular flexibility index (Phi) is 7.17. The van der Waals surface area contributed by atoms with Crippen LogP contribution in [-0.4, -0.2) is 21.1 Å². The number of halogens is 2. The van der Waals surface area contributed by atoms with Gasteiger partial charge in [-0.2, -0.15) is 0 Å². The third-order valence-electron chi connectivity index (χ3n) is 3.61. The zero-order chi connectivity index (χ0) is 18.8. The maximum atomic E-state index is 11.0. The Bertz CT molecular complexity index is 794. The number of aromatic hydroxyl groups is 1.